The van der Waals surface area contributed by atoms with E-state index in [4.69, 9.17) is 4.98 Å². The van der Waals surface area contributed by atoms with Gasteiger partial charge in [-0.05, 0) is 24.3 Å². The number of hydrogen-bond acceptors (Lipinski definition) is 6. The van der Waals surface area contributed by atoms with E-state index in [2.05, 4.69) is 25.7 Å². The van der Waals surface area contributed by atoms with Crippen molar-refractivity contribution in [2.75, 3.05) is 10.6 Å². The summed E-state index contributed by atoms with van der Waals surface area (Å²) in [5, 5.41) is 11.8. The fourth-order valence-corrected chi connectivity index (χ4v) is 3.24. The zero-order valence-corrected chi connectivity index (χ0v) is 14.9. The molecule has 136 valence electrons. The fraction of sp³-hybridized carbons (Fsp3) is 0.0500. The second kappa shape index (κ2) is 6.27. The van der Waals surface area contributed by atoms with Crippen molar-refractivity contribution in [1.82, 2.24) is 24.6 Å². The number of nitrogens with zero attached hydrogens (tertiary/aromatic N) is 5. The van der Waals surface area contributed by atoms with E-state index in [1.165, 1.54) is 6.92 Å². The largest absolute Gasteiger partial charge is 0.353 e. The van der Waals surface area contributed by atoms with Crippen LogP contribution < -0.4 is 10.6 Å². The summed E-state index contributed by atoms with van der Waals surface area (Å²) in [6, 6.07) is 9.38. The monoisotopic (exact) mass is 369 g/mol. The molecule has 0 saturated carbocycles. The van der Waals surface area contributed by atoms with Gasteiger partial charge < -0.3 is 10.6 Å². The van der Waals surface area contributed by atoms with Gasteiger partial charge in [-0.15, -0.1) is 0 Å². The third-order valence-corrected chi connectivity index (χ3v) is 4.40. The minimum Gasteiger partial charge on any atom is -0.353 e. The van der Waals surface area contributed by atoms with E-state index < -0.39 is 0 Å². The van der Waals surface area contributed by atoms with Crippen LogP contribution in [0.25, 0.3) is 27.5 Å². The van der Waals surface area contributed by atoms with E-state index in [1.807, 2.05) is 30.3 Å². The maximum Gasteiger partial charge on any atom is 0.221 e. The normalized spacial score (nSPS) is 11.2. The highest BCUT2D eigenvalue weighted by atomic mass is 16.1. The zero-order chi connectivity index (χ0) is 19.1. The molecular formula is C20H15N7O. The predicted molar refractivity (Wildman–Crippen MR) is 108 cm³/mol. The summed E-state index contributed by atoms with van der Waals surface area (Å²) in [6.07, 6.45) is 8.71. The number of rotatable bonds is 3. The average molecular weight is 369 g/mol. The quantitative estimate of drug-likeness (QED) is 0.505. The van der Waals surface area contributed by atoms with E-state index in [-0.39, 0.29) is 5.91 Å². The number of carbonyl (C=O) groups is 1. The summed E-state index contributed by atoms with van der Waals surface area (Å²) in [7, 11) is 0. The molecule has 2 N–H and O–H groups in total. The first kappa shape index (κ1) is 16.1. The van der Waals surface area contributed by atoms with Gasteiger partial charge in [0.25, 0.3) is 0 Å². The molecular weight excluding hydrogens is 354 g/mol. The summed E-state index contributed by atoms with van der Waals surface area (Å²) in [5.74, 6) is -0.119. The molecule has 5 rings (SSSR count). The summed E-state index contributed by atoms with van der Waals surface area (Å²) < 4.78 is 1.76. The number of nitrogens with one attached hydrogen (secondary N) is 2. The third kappa shape index (κ3) is 2.67. The van der Waals surface area contributed by atoms with Gasteiger partial charge in [0.2, 0.25) is 5.91 Å². The first-order valence-electron chi connectivity index (χ1n) is 8.69. The van der Waals surface area contributed by atoms with E-state index in [0.717, 1.165) is 38.8 Å². The van der Waals surface area contributed by atoms with Crippen LogP contribution in [0.4, 0.5) is 17.1 Å². The lowest BCUT2D eigenvalue weighted by atomic mass is 10.1. The molecule has 4 aromatic heterocycles. The van der Waals surface area contributed by atoms with Gasteiger partial charge in [-0.25, -0.2) is 9.50 Å². The van der Waals surface area contributed by atoms with E-state index in [0.29, 0.717) is 5.69 Å². The molecule has 1 aromatic carbocycles. The Morgan fingerprint density at radius 2 is 1.89 bits per heavy atom. The maximum atomic E-state index is 11.4. The van der Waals surface area contributed by atoms with E-state index >= 15 is 0 Å². The highest BCUT2D eigenvalue weighted by molar-refractivity contribution is 6.10. The molecule has 28 heavy (non-hydrogen) atoms. The molecule has 0 atom stereocenters. The van der Waals surface area contributed by atoms with Crippen molar-refractivity contribution in [2.24, 2.45) is 0 Å². The lowest BCUT2D eigenvalue weighted by Gasteiger charge is -2.11. The lowest BCUT2D eigenvalue weighted by Crippen LogP contribution is -2.05. The second-order valence-corrected chi connectivity index (χ2v) is 6.37. The van der Waals surface area contributed by atoms with Gasteiger partial charge in [-0.3, -0.25) is 14.8 Å². The van der Waals surface area contributed by atoms with Crippen molar-refractivity contribution in [3.63, 3.8) is 0 Å². The summed E-state index contributed by atoms with van der Waals surface area (Å²) in [6.45, 7) is 1.48. The molecule has 0 radical (unpaired) electrons. The molecule has 4 heterocycles. The molecule has 5 aromatic rings. The molecule has 0 aliphatic carbocycles. The topological polar surface area (TPSA) is 97.1 Å². The van der Waals surface area contributed by atoms with Crippen molar-refractivity contribution >= 4 is 50.4 Å². The summed E-state index contributed by atoms with van der Waals surface area (Å²) >= 11 is 0. The lowest BCUT2D eigenvalue weighted by molar-refractivity contribution is -0.114. The number of aromatic nitrogens is 5. The number of anilines is 3. The number of benzene rings is 1. The van der Waals surface area contributed by atoms with Crippen LogP contribution >= 0.6 is 0 Å². The number of amides is 1. The molecule has 0 unspecified atom stereocenters. The van der Waals surface area contributed by atoms with Crippen LogP contribution in [-0.2, 0) is 4.79 Å². The molecule has 0 spiro atoms. The molecule has 0 aliphatic heterocycles. The van der Waals surface area contributed by atoms with Gasteiger partial charge >= 0.3 is 0 Å². The van der Waals surface area contributed by atoms with Crippen LogP contribution in [-0.4, -0.2) is 30.5 Å². The Kier molecular flexibility index (Phi) is 3.61. The molecule has 1 amide bonds. The van der Waals surface area contributed by atoms with Crippen LogP contribution in [0.2, 0.25) is 0 Å². The first-order valence-corrected chi connectivity index (χ1v) is 8.69. The van der Waals surface area contributed by atoms with Gasteiger partial charge in [0.1, 0.15) is 16.6 Å². The Bertz CT molecular complexity index is 1360. The van der Waals surface area contributed by atoms with Crippen LogP contribution in [0.5, 0.6) is 0 Å². The van der Waals surface area contributed by atoms with Crippen molar-refractivity contribution in [3.05, 3.63) is 61.3 Å². The van der Waals surface area contributed by atoms with Gasteiger partial charge in [0.15, 0.2) is 0 Å². The molecule has 0 aliphatic rings. The average Bonchev–Trinajstić information content (AvgIpc) is 3.06. The Balaban J connectivity index is 1.74. The SMILES string of the molecule is CC(=O)Nc1cccc(Nc2c3cnccc3nc3c2nn2ccncc32)c1. The number of hydrogen-bond donors (Lipinski definition) is 2. The van der Waals surface area contributed by atoms with Gasteiger partial charge in [0.05, 0.1) is 17.4 Å². The molecule has 0 fully saturated rings. The predicted octanol–water partition coefficient (Wildman–Crippen LogP) is 3.53. The van der Waals surface area contributed by atoms with Crippen LogP contribution in [0.1, 0.15) is 6.92 Å². The van der Waals surface area contributed by atoms with Crippen molar-refractivity contribution in [1.29, 1.82) is 0 Å². The standard InChI is InChI=1S/C20H15N7O/c1-12(28)23-13-3-2-4-14(9-13)24-18-15-10-21-6-5-16(15)25-19-17-11-22-7-8-27(17)26-20(18)19/h2-11,24H,1H3,(H,23,28). The smallest absolute Gasteiger partial charge is 0.221 e. The Morgan fingerprint density at radius 3 is 2.79 bits per heavy atom. The summed E-state index contributed by atoms with van der Waals surface area (Å²) in [4.78, 5) is 24.6. The van der Waals surface area contributed by atoms with Crippen LogP contribution in [0.15, 0.2) is 61.3 Å². The number of pyridine rings is 2. The van der Waals surface area contributed by atoms with E-state index in [9.17, 15) is 4.79 Å². The molecule has 8 heteroatoms. The van der Waals surface area contributed by atoms with Gasteiger partial charge in [-0.1, -0.05) is 6.07 Å². The fourth-order valence-electron chi connectivity index (χ4n) is 3.24. The zero-order valence-electron chi connectivity index (χ0n) is 14.9. The second-order valence-electron chi connectivity index (χ2n) is 6.37. The van der Waals surface area contributed by atoms with E-state index in [1.54, 1.807) is 35.5 Å². The Hall–Kier alpha value is -4.07. The number of carbonyl (C=O) groups excluding carboxylic acids is 1. The van der Waals surface area contributed by atoms with Crippen LogP contribution in [0.3, 0.4) is 0 Å². The Labute approximate surface area is 159 Å². The number of fused-ring (bicyclic) bond motifs is 4. The molecule has 0 saturated heterocycles. The highest BCUT2D eigenvalue weighted by Crippen LogP contribution is 2.33. The molecule has 0 bridgehead atoms. The minimum absolute atomic E-state index is 0.119. The van der Waals surface area contributed by atoms with Crippen LogP contribution in [0, 0.1) is 0 Å². The summed E-state index contributed by atoms with van der Waals surface area (Å²) in [5.41, 5.74) is 5.44. The third-order valence-electron chi connectivity index (χ3n) is 4.40. The first-order chi connectivity index (χ1) is 13.7. The Morgan fingerprint density at radius 1 is 1.04 bits per heavy atom. The van der Waals surface area contributed by atoms with Gasteiger partial charge in [0, 0.05) is 48.5 Å². The van der Waals surface area contributed by atoms with Crippen molar-refractivity contribution in [3.8, 4) is 0 Å². The maximum absolute atomic E-state index is 11.4. The van der Waals surface area contributed by atoms with Gasteiger partial charge in [-0.2, -0.15) is 5.10 Å². The van der Waals surface area contributed by atoms with Crippen molar-refractivity contribution in [2.45, 2.75) is 6.92 Å². The molecule has 8 nitrogen and oxygen atoms in total. The van der Waals surface area contributed by atoms with Crippen molar-refractivity contribution < 1.29 is 4.79 Å². The minimum atomic E-state index is -0.119. The highest BCUT2D eigenvalue weighted by Gasteiger charge is 2.16.